The molecule has 2 rings (SSSR count). The SMILES string of the molecule is CC(C)NC(=O)/C(C#N)=C\c1ccc(OCc2ccc([N+](=O)[O-])cc2)cc1. The lowest BCUT2D eigenvalue weighted by Gasteiger charge is -2.08. The molecule has 1 N–H and O–H groups in total. The van der Waals surface area contributed by atoms with Gasteiger partial charge in [-0.1, -0.05) is 12.1 Å². The molecule has 0 radical (unpaired) electrons. The Morgan fingerprint density at radius 3 is 2.37 bits per heavy atom. The van der Waals surface area contributed by atoms with E-state index in [-0.39, 0.29) is 23.9 Å². The molecule has 7 nitrogen and oxygen atoms in total. The summed E-state index contributed by atoms with van der Waals surface area (Å²) in [6, 6.07) is 14.9. The number of nitro benzene ring substituents is 1. The zero-order valence-electron chi connectivity index (χ0n) is 15.0. The van der Waals surface area contributed by atoms with Crippen LogP contribution in [0.3, 0.4) is 0 Å². The monoisotopic (exact) mass is 365 g/mol. The molecule has 7 heteroatoms. The molecule has 0 unspecified atom stereocenters. The molecule has 0 aliphatic heterocycles. The molecule has 2 aromatic carbocycles. The molecule has 0 saturated heterocycles. The molecule has 2 aromatic rings. The van der Waals surface area contributed by atoms with E-state index >= 15 is 0 Å². The summed E-state index contributed by atoms with van der Waals surface area (Å²) in [5, 5.41) is 22.5. The smallest absolute Gasteiger partial charge is 0.269 e. The number of carbonyl (C=O) groups excluding carboxylic acids is 1. The van der Waals surface area contributed by atoms with E-state index in [4.69, 9.17) is 10.00 Å². The van der Waals surface area contributed by atoms with Gasteiger partial charge in [-0.3, -0.25) is 14.9 Å². The summed E-state index contributed by atoms with van der Waals surface area (Å²) in [5.41, 5.74) is 1.57. The van der Waals surface area contributed by atoms with Gasteiger partial charge in [0.25, 0.3) is 11.6 Å². The lowest BCUT2D eigenvalue weighted by atomic mass is 10.1. The van der Waals surface area contributed by atoms with Crippen molar-refractivity contribution in [1.29, 1.82) is 5.26 Å². The number of amides is 1. The highest BCUT2D eigenvalue weighted by molar-refractivity contribution is 6.01. The Morgan fingerprint density at radius 1 is 1.22 bits per heavy atom. The number of carbonyl (C=O) groups is 1. The van der Waals surface area contributed by atoms with E-state index in [1.54, 1.807) is 36.4 Å². The maximum absolute atomic E-state index is 11.9. The second-order valence-corrected chi connectivity index (χ2v) is 6.08. The molecule has 0 aliphatic rings. The Kier molecular flexibility index (Phi) is 6.67. The first-order valence-corrected chi connectivity index (χ1v) is 8.28. The second-order valence-electron chi connectivity index (χ2n) is 6.08. The molecule has 0 aromatic heterocycles. The third-order valence-corrected chi connectivity index (χ3v) is 3.53. The van der Waals surface area contributed by atoms with Crippen LogP contribution in [0.25, 0.3) is 6.08 Å². The van der Waals surface area contributed by atoms with E-state index in [1.165, 1.54) is 18.2 Å². The van der Waals surface area contributed by atoms with Gasteiger partial charge < -0.3 is 10.1 Å². The highest BCUT2D eigenvalue weighted by atomic mass is 16.6. The Morgan fingerprint density at radius 2 is 1.85 bits per heavy atom. The first-order valence-electron chi connectivity index (χ1n) is 8.28. The summed E-state index contributed by atoms with van der Waals surface area (Å²) in [7, 11) is 0. The van der Waals surface area contributed by atoms with Gasteiger partial charge in [-0.05, 0) is 55.3 Å². The Bertz CT molecular complexity index is 879. The van der Waals surface area contributed by atoms with E-state index in [1.807, 2.05) is 19.9 Å². The first kappa shape index (κ1) is 19.7. The van der Waals surface area contributed by atoms with Gasteiger partial charge in [0.05, 0.1) is 4.92 Å². The van der Waals surface area contributed by atoms with Crippen LogP contribution >= 0.6 is 0 Å². The van der Waals surface area contributed by atoms with E-state index in [9.17, 15) is 14.9 Å². The summed E-state index contributed by atoms with van der Waals surface area (Å²) in [6.07, 6.45) is 1.51. The minimum absolute atomic E-state index is 0.0308. The van der Waals surface area contributed by atoms with Gasteiger partial charge in [-0.15, -0.1) is 0 Å². The molecule has 0 aliphatic carbocycles. The van der Waals surface area contributed by atoms with Crippen LogP contribution in [0.15, 0.2) is 54.1 Å². The molecule has 138 valence electrons. The number of benzene rings is 2. The molecule has 0 atom stereocenters. The van der Waals surface area contributed by atoms with Crippen LogP contribution in [0.2, 0.25) is 0 Å². The van der Waals surface area contributed by atoms with Crippen molar-refractivity contribution in [3.63, 3.8) is 0 Å². The van der Waals surface area contributed by atoms with Crippen molar-refractivity contribution >= 4 is 17.7 Å². The topological polar surface area (TPSA) is 105 Å². The quantitative estimate of drug-likeness (QED) is 0.349. The zero-order chi connectivity index (χ0) is 19.8. The number of rotatable bonds is 7. The Labute approximate surface area is 157 Å². The van der Waals surface area contributed by atoms with Gasteiger partial charge in [0.2, 0.25) is 0 Å². The Balaban J connectivity index is 2.00. The van der Waals surface area contributed by atoms with Gasteiger partial charge in [0, 0.05) is 18.2 Å². The number of hydrogen-bond acceptors (Lipinski definition) is 5. The third-order valence-electron chi connectivity index (χ3n) is 3.53. The van der Waals surface area contributed by atoms with E-state index in [2.05, 4.69) is 5.32 Å². The van der Waals surface area contributed by atoms with Crippen LogP contribution in [0.4, 0.5) is 5.69 Å². The summed E-state index contributed by atoms with van der Waals surface area (Å²) in [5.74, 6) is 0.196. The van der Waals surface area contributed by atoms with Crippen LogP contribution in [0, 0.1) is 21.4 Å². The number of hydrogen-bond donors (Lipinski definition) is 1. The number of nitrogens with one attached hydrogen (secondary N) is 1. The molecular weight excluding hydrogens is 346 g/mol. The predicted octanol–water partition coefficient (Wildman–Crippen LogP) is 3.61. The average molecular weight is 365 g/mol. The van der Waals surface area contributed by atoms with Crippen molar-refractivity contribution < 1.29 is 14.5 Å². The van der Waals surface area contributed by atoms with Crippen molar-refractivity contribution in [3.05, 3.63) is 75.3 Å². The maximum Gasteiger partial charge on any atom is 0.269 e. The summed E-state index contributed by atoms with van der Waals surface area (Å²) < 4.78 is 5.64. The van der Waals surface area contributed by atoms with Gasteiger partial charge in [-0.25, -0.2) is 0 Å². The van der Waals surface area contributed by atoms with Gasteiger partial charge in [-0.2, -0.15) is 5.26 Å². The van der Waals surface area contributed by atoms with E-state index in [0.29, 0.717) is 11.3 Å². The molecule has 1 amide bonds. The zero-order valence-corrected chi connectivity index (χ0v) is 15.0. The second kappa shape index (κ2) is 9.15. The molecule has 0 heterocycles. The normalized spacial score (nSPS) is 11.0. The highest BCUT2D eigenvalue weighted by Crippen LogP contribution is 2.17. The molecule has 0 fully saturated rings. The minimum atomic E-state index is -0.451. The largest absolute Gasteiger partial charge is 0.489 e. The lowest BCUT2D eigenvalue weighted by Crippen LogP contribution is -2.30. The molecular formula is C20H19N3O4. The molecule has 27 heavy (non-hydrogen) atoms. The maximum atomic E-state index is 11.9. The van der Waals surface area contributed by atoms with Crippen LogP contribution in [0.1, 0.15) is 25.0 Å². The fourth-order valence-corrected chi connectivity index (χ4v) is 2.20. The summed E-state index contributed by atoms with van der Waals surface area (Å²) >= 11 is 0. The number of nitriles is 1. The Hall–Kier alpha value is -3.66. The number of nitro groups is 1. The van der Waals surface area contributed by atoms with Gasteiger partial charge in [0.1, 0.15) is 24.0 Å². The number of ether oxygens (including phenoxy) is 1. The van der Waals surface area contributed by atoms with Crippen LogP contribution in [-0.4, -0.2) is 16.9 Å². The fourth-order valence-electron chi connectivity index (χ4n) is 2.20. The van der Waals surface area contributed by atoms with Crippen LogP contribution in [-0.2, 0) is 11.4 Å². The van der Waals surface area contributed by atoms with Crippen molar-refractivity contribution in [2.75, 3.05) is 0 Å². The first-order chi connectivity index (χ1) is 12.9. The summed E-state index contributed by atoms with van der Waals surface area (Å²) in [4.78, 5) is 22.1. The standard InChI is InChI=1S/C20H19N3O4/c1-14(2)22-20(24)17(12-21)11-15-5-9-19(10-6-15)27-13-16-3-7-18(8-4-16)23(25)26/h3-11,14H,13H2,1-2H3,(H,22,24)/b17-11-. The molecule has 0 saturated carbocycles. The summed E-state index contributed by atoms with van der Waals surface area (Å²) in [6.45, 7) is 3.92. The molecule has 0 spiro atoms. The van der Waals surface area contributed by atoms with Crippen molar-refractivity contribution in [2.24, 2.45) is 0 Å². The highest BCUT2D eigenvalue weighted by Gasteiger charge is 2.10. The average Bonchev–Trinajstić information content (AvgIpc) is 2.65. The fraction of sp³-hybridized carbons (Fsp3) is 0.200. The van der Waals surface area contributed by atoms with Crippen LogP contribution < -0.4 is 10.1 Å². The van der Waals surface area contributed by atoms with Gasteiger partial charge in [0.15, 0.2) is 0 Å². The minimum Gasteiger partial charge on any atom is -0.489 e. The number of non-ortho nitro benzene ring substituents is 1. The number of nitrogens with zero attached hydrogens (tertiary/aromatic N) is 2. The van der Waals surface area contributed by atoms with Gasteiger partial charge >= 0.3 is 0 Å². The molecule has 0 bridgehead atoms. The lowest BCUT2D eigenvalue weighted by molar-refractivity contribution is -0.384. The van der Waals surface area contributed by atoms with Crippen molar-refractivity contribution in [2.45, 2.75) is 26.5 Å². The van der Waals surface area contributed by atoms with Crippen molar-refractivity contribution in [1.82, 2.24) is 5.32 Å². The van der Waals surface area contributed by atoms with Crippen molar-refractivity contribution in [3.8, 4) is 11.8 Å². The van der Waals surface area contributed by atoms with Crippen LogP contribution in [0.5, 0.6) is 5.75 Å². The van der Waals surface area contributed by atoms with E-state index in [0.717, 1.165) is 5.56 Å². The third kappa shape index (κ3) is 5.97. The predicted molar refractivity (Wildman–Crippen MR) is 101 cm³/mol. The van der Waals surface area contributed by atoms with E-state index < -0.39 is 10.8 Å².